The van der Waals surface area contributed by atoms with Crippen LogP contribution in [0.15, 0.2) is 36.7 Å². The second kappa shape index (κ2) is 7.25. The minimum atomic E-state index is 0.0810. The smallest absolute Gasteiger partial charge is 0.257 e. The van der Waals surface area contributed by atoms with E-state index in [2.05, 4.69) is 23.8 Å². The van der Waals surface area contributed by atoms with Crippen LogP contribution in [0.25, 0.3) is 0 Å². The number of nitrogens with zero attached hydrogens (tertiary/aromatic N) is 3. The predicted octanol–water partition coefficient (Wildman–Crippen LogP) is 3.54. The molecule has 3 atom stereocenters. The SMILES string of the molecule is COc1ccc(OC[C@@H]2[C@H]3CC[C@H](C3)N2C(=O)c2cnn(C(C)C)c2)cc1. The number of hydrogen-bond donors (Lipinski definition) is 0. The molecular formula is C21H27N3O3. The highest BCUT2D eigenvalue weighted by atomic mass is 16.5. The summed E-state index contributed by atoms with van der Waals surface area (Å²) >= 11 is 0. The number of ether oxygens (including phenoxy) is 2. The normalized spacial score (nSPS) is 23.9. The lowest BCUT2D eigenvalue weighted by molar-refractivity contribution is 0.0505. The van der Waals surface area contributed by atoms with E-state index in [9.17, 15) is 4.79 Å². The van der Waals surface area contributed by atoms with Gasteiger partial charge in [-0.3, -0.25) is 9.48 Å². The fourth-order valence-electron chi connectivity index (χ4n) is 4.36. The first-order valence-electron chi connectivity index (χ1n) is 9.70. The summed E-state index contributed by atoms with van der Waals surface area (Å²) in [7, 11) is 1.65. The monoisotopic (exact) mass is 369 g/mol. The first kappa shape index (κ1) is 17.9. The number of carbonyl (C=O) groups is 1. The third-order valence-corrected chi connectivity index (χ3v) is 5.83. The van der Waals surface area contributed by atoms with Gasteiger partial charge in [0.2, 0.25) is 0 Å². The molecule has 0 N–H and O–H groups in total. The molecule has 1 aliphatic heterocycles. The predicted molar refractivity (Wildman–Crippen MR) is 102 cm³/mol. The Kier molecular flexibility index (Phi) is 4.81. The maximum absolute atomic E-state index is 13.2. The zero-order chi connectivity index (χ0) is 19.0. The van der Waals surface area contributed by atoms with Crippen molar-refractivity contribution in [3.63, 3.8) is 0 Å². The summed E-state index contributed by atoms with van der Waals surface area (Å²) in [4.78, 5) is 15.2. The summed E-state index contributed by atoms with van der Waals surface area (Å²) in [5.41, 5.74) is 0.672. The first-order valence-corrected chi connectivity index (χ1v) is 9.70. The van der Waals surface area contributed by atoms with Gasteiger partial charge >= 0.3 is 0 Å². The largest absolute Gasteiger partial charge is 0.497 e. The standard InChI is InChI=1S/C21H27N3O3/c1-14(2)23-12-16(11-22-23)21(25)24-17-5-4-15(10-17)20(24)13-27-19-8-6-18(26-3)7-9-19/h6-9,11-12,14-15,17,20H,4-5,10,13H2,1-3H3/t15-,17+,20+/m0/s1. The maximum Gasteiger partial charge on any atom is 0.257 e. The molecule has 27 heavy (non-hydrogen) atoms. The molecule has 2 aliphatic rings. The van der Waals surface area contributed by atoms with Crippen LogP contribution in [0.3, 0.4) is 0 Å². The molecule has 1 aromatic carbocycles. The molecule has 2 aromatic rings. The number of hydrogen-bond acceptors (Lipinski definition) is 4. The summed E-state index contributed by atoms with van der Waals surface area (Å²) in [5, 5.41) is 4.33. The second-order valence-electron chi connectivity index (χ2n) is 7.80. The van der Waals surface area contributed by atoms with E-state index in [-0.39, 0.29) is 18.0 Å². The Morgan fingerprint density at radius 2 is 1.96 bits per heavy atom. The lowest BCUT2D eigenvalue weighted by atomic mass is 9.99. The van der Waals surface area contributed by atoms with E-state index in [4.69, 9.17) is 9.47 Å². The highest BCUT2D eigenvalue weighted by Crippen LogP contribution is 2.43. The third kappa shape index (κ3) is 3.40. The number of carbonyl (C=O) groups excluding carboxylic acids is 1. The molecule has 2 bridgehead atoms. The van der Waals surface area contributed by atoms with Crippen LogP contribution < -0.4 is 9.47 Å². The van der Waals surface area contributed by atoms with Gasteiger partial charge < -0.3 is 14.4 Å². The molecule has 1 amide bonds. The number of fused-ring (bicyclic) bond motifs is 2. The average Bonchev–Trinajstić information content (AvgIpc) is 3.41. The quantitative estimate of drug-likeness (QED) is 0.781. The maximum atomic E-state index is 13.2. The number of likely N-dealkylation sites (tertiary alicyclic amines) is 1. The van der Waals surface area contributed by atoms with Crippen molar-refractivity contribution < 1.29 is 14.3 Å². The summed E-state index contributed by atoms with van der Waals surface area (Å²) < 4.78 is 13.1. The summed E-state index contributed by atoms with van der Waals surface area (Å²) in [6, 6.07) is 8.29. The van der Waals surface area contributed by atoms with E-state index in [0.717, 1.165) is 24.3 Å². The fourth-order valence-corrected chi connectivity index (χ4v) is 4.36. The van der Waals surface area contributed by atoms with E-state index in [1.165, 1.54) is 6.42 Å². The van der Waals surface area contributed by atoms with Gasteiger partial charge in [-0.2, -0.15) is 5.10 Å². The van der Waals surface area contributed by atoms with E-state index in [0.29, 0.717) is 24.1 Å². The van der Waals surface area contributed by atoms with Crippen LogP contribution >= 0.6 is 0 Å². The molecule has 1 aromatic heterocycles. The van der Waals surface area contributed by atoms with Crippen LogP contribution in [-0.4, -0.2) is 46.4 Å². The van der Waals surface area contributed by atoms with Crippen LogP contribution in [0.4, 0.5) is 0 Å². The Hall–Kier alpha value is -2.50. The molecule has 2 heterocycles. The van der Waals surface area contributed by atoms with Crippen molar-refractivity contribution in [2.45, 2.75) is 51.2 Å². The number of methoxy groups -OCH3 is 1. The Labute approximate surface area is 160 Å². The first-order chi connectivity index (χ1) is 13.1. The van der Waals surface area contributed by atoms with Crippen molar-refractivity contribution in [3.8, 4) is 11.5 Å². The molecular weight excluding hydrogens is 342 g/mol. The van der Waals surface area contributed by atoms with E-state index >= 15 is 0 Å². The highest BCUT2D eigenvalue weighted by Gasteiger charge is 2.48. The van der Waals surface area contributed by atoms with Gasteiger partial charge in [0.15, 0.2) is 0 Å². The van der Waals surface area contributed by atoms with E-state index < -0.39 is 0 Å². The van der Waals surface area contributed by atoms with Gasteiger partial charge in [0.25, 0.3) is 5.91 Å². The molecule has 1 aliphatic carbocycles. The summed E-state index contributed by atoms with van der Waals surface area (Å²) in [5.74, 6) is 2.22. The fraction of sp³-hybridized carbons (Fsp3) is 0.524. The van der Waals surface area contributed by atoms with Crippen LogP contribution in [0.5, 0.6) is 11.5 Å². The lowest BCUT2D eigenvalue weighted by Gasteiger charge is -2.35. The van der Waals surface area contributed by atoms with Crippen molar-refractivity contribution in [3.05, 3.63) is 42.2 Å². The second-order valence-corrected chi connectivity index (χ2v) is 7.80. The molecule has 6 nitrogen and oxygen atoms in total. The van der Waals surface area contributed by atoms with Crippen LogP contribution in [0, 0.1) is 5.92 Å². The topological polar surface area (TPSA) is 56.6 Å². The van der Waals surface area contributed by atoms with Crippen LogP contribution in [0.2, 0.25) is 0 Å². The Bertz CT molecular complexity index is 799. The minimum absolute atomic E-state index is 0.0810. The Balaban J connectivity index is 1.47. The molecule has 0 radical (unpaired) electrons. The van der Waals surface area contributed by atoms with Gasteiger partial charge in [-0.25, -0.2) is 0 Å². The zero-order valence-electron chi connectivity index (χ0n) is 16.2. The van der Waals surface area contributed by atoms with Gasteiger partial charge in [-0.15, -0.1) is 0 Å². The minimum Gasteiger partial charge on any atom is -0.497 e. The van der Waals surface area contributed by atoms with Crippen molar-refractivity contribution >= 4 is 5.91 Å². The molecule has 0 unspecified atom stereocenters. The third-order valence-electron chi connectivity index (χ3n) is 5.83. The van der Waals surface area contributed by atoms with Gasteiger partial charge in [-0.05, 0) is 63.3 Å². The van der Waals surface area contributed by atoms with Gasteiger partial charge in [-0.1, -0.05) is 0 Å². The highest BCUT2D eigenvalue weighted by molar-refractivity contribution is 5.94. The summed E-state index contributed by atoms with van der Waals surface area (Å²) in [6.07, 6.45) is 6.90. The van der Waals surface area contributed by atoms with E-state index in [1.54, 1.807) is 13.3 Å². The summed E-state index contributed by atoms with van der Waals surface area (Å²) in [6.45, 7) is 4.65. The van der Waals surface area contributed by atoms with Gasteiger partial charge in [0.05, 0.1) is 24.9 Å². The molecule has 0 spiro atoms. The number of piperidine rings is 1. The zero-order valence-corrected chi connectivity index (χ0v) is 16.2. The number of amides is 1. The van der Waals surface area contributed by atoms with Crippen molar-refractivity contribution in [2.24, 2.45) is 5.92 Å². The van der Waals surface area contributed by atoms with E-state index in [1.807, 2.05) is 35.1 Å². The Morgan fingerprint density at radius 1 is 1.22 bits per heavy atom. The van der Waals surface area contributed by atoms with Crippen molar-refractivity contribution in [2.75, 3.05) is 13.7 Å². The van der Waals surface area contributed by atoms with Crippen LogP contribution in [-0.2, 0) is 0 Å². The number of aromatic nitrogens is 2. The Morgan fingerprint density at radius 3 is 2.63 bits per heavy atom. The number of benzene rings is 1. The molecule has 144 valence electrons. The lowest BCUT2D eigenvalue weighted by Crippen LogP contribution is -2.47. The number of rotatable bonds is 6. The average molecular weight is 369 g/mol. The van der Waals surface area contributed by atoms with Gasteiger partial charge in [0, 0.05) is 18.3 Å². The van der Waals surface area contributed by atoms with Crippen LogP contribution in [0.1, 0.15) is 49.5 Å². The van der Waals surface area contributed by atoms with Gasteiger partial charge in [0.1, 0.15) is 18.1 Å². The molecule has 1 saturated carbocycles. The van der Waals surface area contributed by atoms with Crippen molar-refractivity contribution in [1.82, 2.24) is 14.7 Å². The molecule has 6 heteroatoms. The molecule has 4 rings (SSSR count). The molecule has 2 fully saturated rings. The molecule has 1 saturated heterocycles. The van der Waals surface area contributed by atoms with Crippen molar-refractivity contribution in [1.29, 1.82) is 0 Å².